The van der Waals surface area contributed by atoms with Gasteiger partial charge in [-0.1, -0.05) is 11.3 Å². The molecule has 0 unspecified atom stereocenters. The van der Waals surface area contributed by atoms with E-state index in [9.17, 15) is 0 Å². The highest BCUT2D eigenvalue weighted by Gasteiger charge is 2.53. The Balaban J connectivity index is 1.67. The van der Waals surface area contributed by atoms with Gasteiger partial charge in [-0.05, 0) is 56.3 Å². The molecule has 2 N–H and O–H groups in total. The van der Waals surface area contributed by atoms with Crippen molar-refractivity contribution in [2.75, 3.05) is 17.7 Å². The molecule has 0 saturated heterocycles. The molecule has 0 radical (unpaired) electrons. The van der Waals surface area contributed by atoms with E-state index in [1.165, 1.54) is 49.9 Å². The highest BCUT2D eigenvalue weighted by Crippen LogP contribution is 2.58. The van der Waals surface area contributed by atoms with Crippen LogP contribution in [0.15, 0.2) is 0 Å². The summed E-state index contributed by atoms with van der Waals surface area (Å²) in [7, 11) is 2.20. The zero-order valence-corrected chi connectivity index (χ0v) is 11.6. The summed E-state index contributed by atoms with van der Waals surface area (Å²) in [5, 5.41) is 9.81. The molecule has 0 spiro atoms. The second-order valence-electron chi connectivity index (χ2n) is 6.62. The first-order valence-electron chi connectivity index (χ1n) is 6.97. The number of hydrogen-bond donors (Lipinski definition) is 1. The van der Waals surface area contributed by atoms with Crippen LogP contribution in [0.1, 0.15) is 38.5 Å². The summed E-state index contributed by atoms with van der Waals surface area (Å²) >= 11 is 1.53. The van der Waals surface area contributed by atoms with Crippen molar-refractivity contribution in [1.29, 1.82) is 0 Å². The van der Waals surface area contributed by atoms with Crippen LogP contribution < -0.4 is 10.6 Å². The molecule has 0 aromatic carbocycles. The van der Waals surface area contributed by atoms with Gasteiger partial charge in [0.25, 0.3) is 0 Å². The van der Waals surface area contributed by atoms with E-state index in [2.05, 4.69) is 22.1 Å². The van der Waals surface area contributed by atoms with Gasteiger partial charge in [0.2, 0.25) is 10.3 Å². The third kappa shape index (κ3) is 1.49. The number of rotatable bonds is 2. The predicted molar refractivity (Wildman–Crippen MR) is 73.6 cm³/mol. The maximum Gasteiger partial charge on any atom is 0.210 e. The Kier molecular flexibility index (Phi) is 2.20. The quantitative estimate of drug-likeness (QED) is 0.892. The fourth-order valence-electron chi connectivity index (χ4n) is 5.04. The van der Waals surface area contributed by atoms with E-state index in [1.54, 1.807) is 0 Å². The maximum atomic E-state index is 5.73. The summed E-state index contributed by atoms with van der Waals surface area (Å²) < 4.78 is 0. The van der Waals surface area contributed by atoms with E-state index < -0.39 is 0 Å². The second kappa shape index (κ2) is 3.59. The Morgan fingerprint density at radius 2 is 1.67 bits per heavy atom. The van der Waals surface area contributed by atoms with Crippen LogP contribution >= 0.6 is 11.3 Å². The minimum Gasteiger partial charge on any atom is -0.374 e. The van der Waals surface area contributed by atoms with Crippen LogP contribution in [0.2, 0.25) is 0 Å². The second-order valence-corrected chi connectivity index (χ2v) is 7.61. The van der Waals surface area contributed by atoms with E-state index in [4.69, 9.17) is 5.73 Å². The monoisotopic (exact) mass is 264 g/mol. The molecule has 1 aromatic rings. The summed E-state index contributed by atoms with van der Waals surface area (Å²) in [5.41, 5.74) is 6.09. The average Bonchev–Trinajstić information content (AvgIpc) is 2.73. The largest absolute Gasteiger partial charge is 0.374 e. The summed E-state index contributed by atoms with van der Waals surface area (Å²) in [5.74, 6) is 2.89. The molecular weight excluding hydrogens is 244 g/mol. The standard InChI is InChI=1S/C13H20N4S/c1-17(12-16-15-11(14)18-12)13-5-8-2-9(6-13)4-10(3-8)7-13/h8-10H,2-7H2,1H3,(H2,14,15). The Labute approximate surface area is 112 Å². The Morgan fingerprint density at radius 3 is 2.11 bits per heavy atom. The maximum absolute atomic E-state index is 5.73. The van der Waals surface area contributed by atoms with Gasteiger partial charge in [0.05, 0.1) is 0 Å². The van der Waals surface area contributed by atoms with Crippen molar-refractivity contribution in [2.45, 2.75) is 44.1 Å². The summed E-state index contributed by atoms with van der Waals surface area (Å²) in [4.78, 5) is 2.41. The minimum absolute atomic E-state index is 0.362. The highest BCUT2D eigenvalue weighted by atomic mass is 32.1. The fourth-order valence-corrected chi connectivity index (χ4v) is 5.72. The first kappa shape index (κ1) is 11.0. The number of nitrogen functional groups attached to an aromatic ring is 1. The number of nitrogens with zero attached hydrogens (tertiary/aromatic N) is 3. The van der Waals surface area contributed by atoms with Gasteiger partial charge in [0, 0.05) is 12.6 Å². The van der Waals surface area contributed by atoms with Crippen molar-refractivity contribution in [2.24, 2.45) is 17.8 Å². The lowest BCUT2D eigenvalue weighted by Gasteiger charge is -2.59. The van der Waals surface area contributed by atoms with Crippen molar-refractivity contribution >= 4 is 21.6 Å². The Bertz CT molecular complexity index is 434. The Hall–Kier alpha value is -0.840. The third-order valence-electron chi connectivity index (χ3n) is 5.43. The van der Waals surface area contributed by atoms with Crippen molar-refractivity contribution in [3.8, 4) is 0 Å². The van der Waals surface area contributed by atoms with E-state index in [0.717, 1.165) is 22.9 Å². The molecule has 0 aliphatic heterocycles. The normalized spacial score (nSPS) is 41.3. The molecule has 0 amide bonds. The van der Waals surface area contributed by atoms with Gasteiger partial charge >= 0.3 is 0 Å². The van der Waals surface area contributed by atoms with Gasteiger partial charge in [0.1, 0.15) is 0 Å². The van der Waals surface area contributed by atoms with Gasteiger partial charge < -0.3 is 10.6 Å². The van der Waals surface area contributed by atoms with Gasteiger partial charge in [-0.3, -0.25) is 0 Å². The van der Waals surface area contributed by atoms with Crippen molar-refractivity contribution < 1.29 is 0 Å². The minimum atomic E-state index is 0.362. The molecule has 4 saturated carbocycles. The molecule has 18 heavy (non-hydrogen) atoms. The first-order chi connectivity index (χ1) is 8.64. The van der Waals surface area contributed by atoms with Crippen LogP contribution in [-0.2, 0) is 0 Å². The number of aromatic nitrogens is 2. The third-order valence-corrected chi connectivity index (χ3v) is 6.26. The van der Waals surface area contributed by atoms with Crippen LogP contribution in [0, 0.1) is 17.8 Å². The zero-order valence-electron chi connectivity index (χ0n) is 10.8. The lowest BCUT2D eigenvalue weighted by Crippen LogP contribution is -2.59. The molecule has 4 bridgehead atoms. The first-order valence-corrected chi connectivity index (χ1v) is 7.79. The molecule has 98 valence electrons. The van der Waals surface area contributed by atoms with Gasteiger partial charge in [-0.25, -0.2) is 0 Å². The van der Waals surface area contributed by atoms with Gasteiger partial charge in [0.15, 0.2) is 0 Å². The molecule has 4 fully saturated rings. The lowest BCUT2D eigenvalue weighted by atomic mass is 9.52. The zero-order chi connectivity index (χ0) is 12.3. The Morgan fingerprint density at radius 1 is 1.11 bits per heavy atom. The van der Waals surface area contributed by atoms with E-state index in [-0.39, 0.29) is 0 Å². The van der Waals surface area contributed by atoms with Gasteiger partial charge in [-0.15, -0.1) is 10.2 Å². The average molecular weight is 264 g/mol. The molecule has 0 atom stereocenters. The van der Waals surface area contributed by atoms with Crippen LogP contribution in [-0.4, -0.2) is 22.8 Å². The van der Waals surface area contributed by atoms with E-state index in [0.29, 0.717) is 10.7 Å². The van der Waals surface area contributed by atoms with Crippen LogP contribution in [0.25, 0.3) is 0 Å². The van der Waals surface area contributed by atoms with E-state index in [1.807, 2.05) is 0 Å². The lowest BCUT2D eigenvalue weighted by molar-refractivity contribution is -0.00206. The van der Waals surface area contributed by atoms with Crippen LogP contribution in [0.3, 0.4) is 0 Å². The van der Waals surface area contributed by atoms with Crippen molar-refractivity contribution in [3.63, 3.8) is 0 Å². The fraction of sp³-hybridized carbons (Fsp3) is 0.846. The number of nitrogens with two attached hydrogens (primary N) is 1. The number of hydrogen-bond acceptors (Lipinski definition) is 5. The molecule has 4 nitrogen and oxygen atoms in total. The van der Waals surface area contributed by atoms with Crippen molar-refractivity contribution in [3.05, 3.63) is 0 Å². The molecule has 1 aromatic heterocycles. The molecule has 4 aliphatic carbocycles. The van der Waals surface area contributed by atoms with Crippen LogP contribution in [0.4, 0.5) is 10.3 Å². The summed E-state index contributed by atoms with van der Waals surface area (Å²) in [6.07, 6.45) is 8.50. The molecule has 5 heteroatoms. The predicted octanol–water partition coefficient (Wildman–Crippen LogP) is 2.53. The van der Waals surface area contributed by atoms with Crippen LogP contribution in [0.5, 0.6) is 0 Å². The number of anilines is 2. The highest BCUT2D eigenvalue weighted by molar-refractivity contribution is 7.18. The topological polar surface area (TPSA) is 55.0 Å². The molecular formula is C13H20N4S. The van der Waals surface area contributed by atoms with Crippen molar-refractivity contribution in [1.82, 2.24) is 10.2 Å². The summed E-state index contributed by atoms with van der Waals surface area (Å²) in [6, 6.07) is 0. The molecule has 5 rings (SSSR count). The smallest absolute Gasteiger partial charge is 0.210 e. The molecule has 4 aliphatic rings. The van der Waals surface area contributed by atoms with E-state index >= 15 is 0 Å². The SMILES string of the molecule is CN(c1nnc(N)s1)C12CC3CC(CC(C3)C1)C2. The molecule has 1 heterocycles. The van der Waals surface area contributed by atoms with Gasteiger partial charge in [-0.2, -0.15) is 0 Å². The summed E-state index contributed by atoms with van der Waals surface area (Å²) in [6.45, 7) is 0.